The summed E-state index contributed by atoms with van der Waals surface area (Å²) in [6, 6.07) is 6.14. The van der Waals surface area contributed by atoms with E-state index in [2.05, 4.69) is 31.3 Å². The Bertz CT molecular complexity index is 744. The summed E-state index contributed by atoms with van der Waals surface area (Å²) in [6.45, 7) is 10.9. The molecule has 1 aromatic rings. The first-order chi connectivity index (χ1) is 14.1. The molecule has 0 radical (unpaired) electrons. The molecular formula is C23H36N2O5. The van der Waals surface area contributed by atoms with E-state index in [1.165, 1.54) is 5.56 Å². The van der Waals surface area contributed by atoms with E-state index < -0.39 is 5.79 Å². The number of nitrogens with one attached hydrogen (secondary N) is 1. The van der Waals surface area contributed by atoms with E-state index >= 15 is 0 Å². The van der Waals surface area contributed by atoms with Gasteiger partial charge in [0.15, 0.2) is 17.3 Å². The second-order valence-corrected chi connectivity index (χ2v) is 9.19. The maximum atomic E-state index is 12.8. The number of nitrogens with zero attached hydrogens (tertiary/aromatic N) is 1. The standard InChI is InChI=1S/C23H36N2O5/c1-6-23(4)15-25(21(26)9-10-29-22(2,3)27)14-18(23)16-7-8-19(28-5)20(11-16)30-17-12-24-13-17/h7-8,11,17-18,24,27H,6,9-10,12-15H2,1-5H3. The summed E-state index contributed by atoms with van der Waals surface area (Å²) in [5, 5.41) is 12.9. The van der Waals surface area contributed by atoms with Gasteiger partial charge in [0.25, 0.3) is 0 Å². The molecule has 0 spiro atoms. The van der Waals surface area contributed by atoms with Gasteiger partial charge in [0.2, 0.25) is 5.91 Å². The number of likely N-dealkylation sites (tertiary alicyclic amines) is 1. The van der Waals surface area contributed by atoms with Crippen molar-refractivity contribution in [2.24, 2.45) is 5.41 Å². The van der Waals surface area contributed by atoms with Crippen LogP contribution in [0.5, 0.6) is 11.5 Å². The molecular weight excluding hydrogens is 384 g/mol. The summed E-state index contributed by atoms with van der Waals surface area (Å²) in [4.78, 5) is 14.7. The first-order valence-electron chi connectivity index (χ1n) is 10.8. The Hall–Kier alpha value is -1.83. The molecule has 0 aromatic heterocycles. The van der Waals surface area contributed by atoms with Crippen molar-refractivity contribution in [3.05, 3.63) is 23.8 Å². The monoisotopic (exact) mass is 420 g/mol. The Morgan fingerprint density at radius 3 is 2.63 bits per heavy atom. The smallest absolute Gasteiger partial charge is 0.224 e. The molecule has 1 aromatic carbocycles. The third kappa shape index (κ3) is 5.25. The zero-order valence-corrected chi connectivity index (χ0v) is 18.9. The number of aliphatic hydroxyl groups is 1. The fourth-order valence-electron chi connectivity index (χ4n) is 4.18. The van der Waals surface area contributed by atoms with Crippen molar-refractivity contribution in [3.8, 4) is 11.5 Å². The number of amides is 1. The van der Waals surface area contributed by atoms with Crippen LogP contribution in [0.1, 0.15) is 52.0 Å². The predicted molar refractivity (Wildman–Crippen MR) is 115 cm³/mol. The van der Waals surface area contributed by atoms with Crippen molar-refractivity contribution in [2.75, 3.05) is 39.9 Å². The molecule has 30 heavy (non-hydrogen) atoms. The lowest BCUT2D eigenvalue weighted by Gasteiger charge is -2.31. The highest BCUT2D eigenvalue weighted by atomic mass is 16.6. The van der Waals surface area contributed by atoms with Crippen LogP contribution in [0, 0.1) is 5.41 Å². The summed E-state index contributed by atoms with van der Waals surface area (Å²) in [7, 11) is 1.66. The number of hydrogen-bond donors (Lipinski definition) is 2. The van der Waals surface area contributed by atoms with Crippen LogP contribution in [-0.4, -0.2) is 67.7 Å². The number of benzene rings is 1. The topological polar surface area (TPSA) is 80.3 Å². The zero-order valence-electron chi connectivity index (χ0n) is 18.9. The van der Waals surface area contributed by atoms with E-state index in [0.717, 1.165) is 31.0 Å². The Morgan fingerprint density at radius 2 is 2.07 bits per heavy atom. The van der Waals surface area contributed by atoms with Gasteiger partial charge < -0.3 is 29.5 Å². The predicted octanol–water partition coefficient (Wildman–Crippen LogP) is 2.52. The lowest BCUT2D eigenvalue weighted by atomic mass is 9.74. The molecule has 2 aliphatic heterocycles. The van der Waals surface area contributed by atoms with Gasteiger partial charge in [-0.2, -0.15) is 0 Å². The van der Waals surface area contributed by atoms with E-state index in [0.29, 0.717) is 13.1 Å². The Kier molecular flexibility index (Phi) is 6.95. The molecule has 2 N–H and O–H groups in total. The Labute approximate surface area is 179 Å². The molecule has 2 saturated heterocycles. The molecule has 7 nitrogen and oxygen atoms in total. The van der Waals surface area contributed by atoms with Crippen molar-refractivity contribution in [2.45, 2.75) is 58.3 Å². The molecule has 168 valence electrons. The first kappa shape index (κ1) is 22.8. The minimum atomic E-state index is -1.22. The molecule has 1 amide bonds. The van der Waals surface area contributed by atoms with Crippen LogP contribution < -0.4 is 14.8 Å². The number of rotatable bonds is 9. The van der Waals surface area contributed by atoms with Crippen molar-refractivity contribution in [3.63, 3.8) is 0 Å². The maximum absolute atomic E-state index is 12.8. The van der Waals surface area contributed by atoms with Crippen LogP contribution >= 0.6 is 0 Å². The van der Waals surface area contributed by atoms with Gasteiger partial charge in [-0.25, -0.2) is 0 Å². The van der Waals surface area contributed by atoms with Gasteiger partial charge >= 0.3 is 0 Å². The van der Waals surface area contributed by atoms with Gasteiger partial charge in [0.1, 0.15) is 6.10 Å². The van der Waals surface area contributed by atoms with E-state index in [1.54, 1.807) is 21.0 Å². The molecule has 2 aliphatic rings. The van der Waals surface area contributed by atoms with Gasteiger partial charge in [-0.1, -0.05) is 19.9 Å². The van der Waals surface area contributed by atoms with Crippen molar-refractivity contribution in [1.82, 2.24) is 10.2 Å². The fraction of sp³-hybridized carbons (Fsp3) is 0.696. The number of carbonyl (C=O) groups is 1. The van der Waals surface area contributed by atoms with E-state index in [9.17, 15) is 9.90 Å². The zero-order chi connectivity index (χ0) is 21.9. The van der Waals surface area contributed by atoms with Crippen LogP contribution in [0.4, 0.5) is 0 Å². The summed E-state index contributed by atoms with van der Waals surface area (Å²) in [5.41, 5.74) is 1.15. The van der Waals surface area contributed by atoms with Crippen LogP contribution in [0.15, 0.2) is 18.2 Å². The summed E-state index contributed by atoms with van der Waals surface area (Å²) < 4.78 is 16.9. The Balaban J connectivity index is 1.73. The molecule has 7 heteroatoms. The molecule has 0 aliphatic carbocycles. The minimum absolute atomic E-state index is 0.0172. The van der Waals surface area contributed by atoms with Gasteiger partial charge in [0.05, 0.1) is 20.1 Å². The highest BCUT2D eigenvalue weighted by molar-refractivity contribution is 5.77. The summed E-state index contributed by atoms with van der Waals surface area (Å²) >= 11 is 0. The van der Waals surface area contributed by atoms with Crippen LogP contribution in [0.25, 0.3) is 0 Å². The maximum Gasteiger partial charge on any atom is 0.224 e. The molecule has 2 unspecified atom stereocenters. The number of carbonyl (C=O) groups excluding carboxylic acids is 1. The molecule has 2 atom stereocenters. The third-order valence-corrected chi connectivity index (χ3v) is 6.36. The van der Waals surface area contributed by atoms with Gasteiger partial charge in [-0.3, -0.25) is 4.79 Å². The molecule has 3 rings (SSSR count). The molecule has 0 bridgehead atoms. The fourth-order valence-corrected chi connectivity index (χ4v) is 4.18. The van der Waals surface area contributed by atoms with Gasteiger partial charge in [0, 0.05) is 32.1 Å². The number of methoxy groups -OCH3 is 1. The minimum Gasteiger partial charge on any atom is -0.493 e. The number of ether oxygens (including phenoxy) is 3. The third-order valence-electron chi connectivity index (χ3n) is 6.36. The van der Waals surface area contributed by atoms with Gasteiger partial charge in [-0.05, 0) is 43.4 Å². The van der Waals surface area contributed by atoms with Crippen LogP contribution in [0.2, 0.25) is 0 Å². The lowest BCUT2D eigenvalue weighted by molar-refractivity contribution is -0.178. The molecule has 2 heterocycles. The number of hydrogen-bond acceptors (Lipinski definition) is 6. The largest absolute Gasteiger partial charge is 0.493 e. The highest BCUT2D eigenvalue weighted by Gasteiger charge is 2.44. The van der Waals surface area contributed by atoms with E-state index in [4.69, 9.17) is 14.2 Å². The van der Waals surface area contributed by atoms with Crippen molar-refractivity contribution >= 4 is 5.91 Å². The summed E-state index contributed by atoms with van der Waals surface area (Å²) in [6.07, 6.45) is 1.41. The summed E-state index contributed by atoms with van der Waals surface area (Å²) in [5.74, 6) is 0.560. The van der Waals surface area contributed by atoms with E-state index in [-0.39, 0.29) is 36.4 Å². The Morgan fingerprint density at radius 1 is 1.33 bits per heavy atom. The normalized spacial score (nSPS) is 24.6. The quantitative estimate of drug-likeness (QED) is 0.598. The van der Waals surface area contributed by atoms with Crippen molar-refractivity contribution < 1.29 is 24.1 Å². The van der Waals surface area contributed by atoms with Crippen molar-refractivity contribution in [1.29, 1.82) is 0 Å². The molecule has 2 fully saturated rings. The average molecular weight is 421 g/mol. The molecule has 0 saturated carbocycles. The van der Waals surface area contributed by atoms with Gasteiger partial charge in [-0.15, -0.1) is 0 Å². The van der Waals surface area contributed by atoms with E-state index in [1.807, 2.05) is 11.0 Å². The highest BCUT2D eigenvalue weighted by Crippen LogP contribution is 2.47. The van der Waals surface area contributed by atoms with Crippen LogP contribution in [-0.2, 0) is 9.53 Å². The lowest BCUT2D eigenvalue weighted by Crippen LogP contribution is -2.50. The SMILES string of the molecule is CCC1(C)CN(C(=O)CCOC(C)(C)O)CC1c1ccc(OC)c(OC2CNC2)c1. The first-order valence-corrected chi connectivity index (χ1v) is 10.8. The second-order valence-electron chi connectivity index (χ2n) is 9.19. The second kappa shape index (κ2) is 9.12. The average Bonchev–Trinajstić information content (AvgIpc) is 3.02. The van der Waals surface area contributed by atoms with Crippen LogP contribution in [0.3, 0.4) is 0 Å².